The van der Waals surface area contributed by atoms with Gasteiger partial charge in [0, 0.05) is 6.04 Å². The Bertz CT molecular complexity index is 131. The summed E-state index contributed by atoms with van der Waals surface area (Å²) in [5, 5.41) is 3.45. The molecule has 0 amide bonds. The molecular weight excluding hydrogens is 122 g/mol. The monoisotopic (exact) mass is 139 g/mol. The van der Waals surface area contributed by atoms with E-state index in [1.807, 2.05) is 0 Å². The number of rotatable bonds is 1. The lowest BCUT2D eigenvalue weighted by atomic mass is 9.86. The van der Waals surface area contributed by atoms with Gasteiger partial charge in [-0.2, -0.15) is 0 Å². The Morgan fingerprint density at radius 2 is 1.90 bits per heavy atom. The van der Waals surface area contributed by atoms with E-state index < -0.39 is 0 Å². The Hall–Kier alpha value is -0.0400. The number of fused-ring (bicyclic) bond motifs is 2. The SMILES string of the molecule is CN[C@H]1[C@H]2CC[C@H](C2)[C@@H]1C. The van der Waals surface area contributed by atoms with Crippen molar-refractivity contribution in [1.29, 1.82) is 0 Å². The highest BCUT2D eigenvalue weighted by molar-refractivity contribution is 4.97. The summed E-state index contributed by atoms with van der Waals surface area (Å²) in [5.74, 6) is 3.02. The summed E-state index contributed by atoms with van der Waals surface area (Å²) < 4.78 is 0. The molecule has 0 radical (unpaired) electrons. The van der Waals surface area contributed by atoms with Crippen molar-refractivity contribution in [2.45, 2.75) is 32.2 Å². The zero-order valence-corrected chi connectivity index (χ0v) is 6.93. The molecule has 0 spiro atoms. The maximum absolute atomic E-state index is 3.45. The molecule has 2 aliphatic carbocycles. The van der Waals surface area contributed by atoms with Gasteiger partial charge < -0.3 is 5.32 Å². The van der Waals surface area contributed by atoms with Crippen LogP contribution in [0.2, 0.25) is 0 Å². The molecule has 2 fully saturated rings. The van der Waals surface area contributed by atoms with E-state index in [0.717, 1.165) is 23.8 Å². The van der Waals surface area contributed by atoms with Crippen LogP contribution in [0.15, 0.2) is 0 Å². The fraction of sp³-hybridized carbons (Fsp3) is 1.00. The first kappa shape index (κ1) is 6.66. The highest BCUT2D eigenvalue weighted by Gasteiger charge is 2.44. The Morgan fingerprint density at radius 3 is 2.30 bits per heavy atom. The first-order valence-corrected chi connectivity index (χ1v) is 4.50. The molecule has 2 rings (SSSR count). The van der Waals surface area contributed by atoms with E-state index >= 15 is 0 Å². The summed E-state index contributed by atoms with van der Waals surface area (Å²) in [5.41, 5.74) is 0. The molecule has 0 aromatic rings. The van der Waals surface area contributed by atoms with Gasteiger partial charge in [0.1, 0.15) is 0 Å². The summed E-state index contributed by atoms with van der Waals surface area (Å²) in [6, 6.07) is 0.846. The minimum atomic E-state index is 0.846. The van der Waals surface area contributed by atoms with Crippen LogP contribution in [0.25, 0.3) is 0 Å². The van der Waals surface area contributed by atoms with Crippen molar-refractivity contribution in [2.24, 2.45) is 17.8 Å². The molecular formula is C9H17N. The summed E-state index contributed by atoms with van der Waals surface area (Å²) >= 11 is 0. The highest BCUT2D eigenvalue weighted by atomic mass is 14.9. The van der Waals surface area contributed by atoms with Gasteiger partial charge in [-0.1, -0.05) is 6.92 Å². The molecule has 0 unspecified atom stereocenters. The van der Waals surface area contributed by atoms with Crippen LogP contribution < -0.4 is 5.32 Å². The number of nitrogens with one attached hydrogen (secondary N) is 1. The summed E-state index contributed by atoms with van der Waals surface area (Å²) in [6.07, 6.45) is 4.50. The minimum absolute atomic E-state index is 0.846. The van der Waals surface area contributed by atoms with Gasteiger partial charge in [-0.15, -0.1) is 0 Å². The predicted octanol–water partition coefficient (Wildman–Crippen LogP) is 1.64. The van der Waals surface area contributed by atoms with E-state index in [0.29, 0.717) is 0 Å². The quantitative estimate of drug-likeness (QED) is 0.582. The fourth-order valence-corrected chi connectivity index (χ4v) is 3.08. The van der Waals surface area contributed by atoms with Crippen LogP contribution in [0.3, 0.4) is 0 Å². The molecule has 0 aromatic carbocycles. The van der Waals surface area contributed by atoms with Crippen molar-refractivity contribution in [3.63, 3.8) is 0 Å². The minimum Gasteiger partial charge on any atom is -0.316 e. The zero-order valence-electron chi connectivity index (χ0n) is 6.93. The smallest absolute Gasteiger partial charge is 0.0121 e. The van der Waals surface area contributed by atoms with Gasteiger partial charge in [-0.25, -0.2) is 0 Å². The topological polar surface area (TPSA) is 12.0 Å². The Morgan fingerprint density at radius 1 is 1.20 bits per heavy atom. The van der Waals surface area contributed by atoms with Gasteiger partial charge in [0.2, 0.25) is 0 Å². The molecule has 0 heterocycles. The lowest BCUT2D eigenvalue weighted by molar-refractivity contribution is 0.277. The van der Waals surface area contributed by atoms with Crippen molar-refractivity contribution < 1.29 is 0 Å². The third-order valence-electron chi connectivity index (χ3n) is 3.66. The van der Waals surface area contributed by atoms with Crippen LogP contribution in [0, 0.1) is 17.8 Å². The van der Waals surface area contributed by atoms with Crippen LogP contribution in [0.5, 0.6) is 0 Å². The lowest BCUT2D eigenvalue weighted by Gasteiger charge is -2.27. The van der Waals surface area contributed by atoms with Crippen LogP contribution in [-0.2, 0) is 0 Å². The standard InChI is InChI=1S/C9H17N/c1-6-7-3-4-8(5-7)9(6)10-2/h6-10H,3-5H2,1-2H3/t6-,7+,8-,9+/m0/s1. The Balaban J connectivity index is 2.10. The molecule has 0 aromatic heterocycles. The Kier molecular flexibility index (Phi) is 1.48. The van der Waals surface area contributed by atoms with Gasteiger partial charge >= 0.3 is 0 Å². The highest BCUT2D eigenvalue weighted by Crippen LogP contribution is 2.47. The van der Waals surface area contributed by atoms with E-state index in [1.54, 1.807) is 0 Å². The molecule has 2 aliphatic rings. The molecule has 2 bridgehead atoms. The average Bonchev–Trinajstić information content (AvgIpc) is 2.46. The second kappa shape index (κ2) is 2.23. The van der Waals surface area contributed by atoms with Crippen molar-refractivity contribution >= 4 is 0 Å². The van der Waals surface area contributed by atoms with E-state index in [-0.39, 0.29) is 0 Å². The molecule has 1 N–H and O–H groups in total. The second-order valence-electron chi connectivity index (χ2n) is 4.01. The maximum atomic E-state index is 3.45. The van der Waals surface area contributed by atoms with Crippen molar-refractivity contribution in [3.05, 3.63) is 0 Å². The summed E-state index contributed by atoms with van der Waals surface area (Å²) in [7, 11) is 2.11. The first-order valence-electron chi connectivity index (χ1n) is 4.50. The third kappa shape index (κ3) is 0.731. The van der Waals surface area contributed by atoms with Gasteiger partial charge in [0.05, 0.1) is 0 Å². The van der Waals surface area contributed by atoms with E-state index in [2.05, 4.69) is 19.3 Å². The second-order valence-corrected chi connectivity index (χ2v) is 4.01. The fourth-order valence-electron chi connectivity index (χ4n) is 3.08. The van der Waals surface area contributed by atoms with Gasteiger partial charge in [-0.05, 0) is 44.1 Å². The molecule has 1 nitrogen and oxygen atoms in total. The average molecular weight is 139 g/mol. The van der Waals surface area contributed by atoms with Crippen LogP contribution >= 0.6 is 0 Å². The third-order valence-corrected chi connectivity index (χ3v) is 3.66. The number of hydrogen-bond donors (Lipinski definition) is 1. The van der Waals surface area contributed by atoms with Crippen molar-refractivity contribution in [2.75, 3.05) is 7.05 Å². The maximum Gasteiger partial charge on any atom is 0.0121 e. The molecule has 4 atom stereocenters. The predicted molar refractivity (Wildman–Crippen MR) is 42.8 cm³/mol. The molecule has 2 saturated carbocycles. The van der Waals surface area contributed by atoms with E-state index in [9.17, 15) is 0 Å². The number of hydrogen-bond acceptors (Lipinski definition) is 1. The molecule has 1 heteroatoms. The summed E-state index contributed by atoms with van der Waals surface area (Å²) in [4.78, 5) is 0. The molecule has 10 heavy (non-hydrogen) atoms. The van der Waals surface area contributed by atoms with Gasteiger partial charge in [0.15, 0.2) is 0 Å². The van der Waals surface area contributed by atoms with Crippen LogP contribution in [0.1, 0.15) is 26.2 Å². The largest absolute Gasteiger partial charge is 0.316 e. The van der Waals surface area contributed by atoms with Crippen molar-refractivity contribution in [3.8, 4) is 0 Å². The molecule has 58 valence electrons. The normalized spacial score (nSPS) is 52.2. The zero-order chi connectivity index (χ0) is 7.14. The first-order chi connectivity index (χ1) is 4.83. The molecule has 0 saturated heterocycles. The van der Waals surface area contributed by atoms with E-state index in [1.165, 1.54) is 19.3 Å². The van der Waals surface area contributed by atoms with Crippen LogP contribution in [-0.4, -0.2) is 13.1 Å². The lowest BCUT2D eigenvalue weighted by Crippen LogP contribution is -2.36. The van der Waals surface area contributed by atoms with E-state index in [4.69, 9.17) is 0 Å². The van der Waals surface area contributed by atoms with Crippen LogP contribution in [0.4, 0.5) is 0 Å². The van der Waals surface area contributed by atoms with Gasteiger partial charge in [-0.3, -0.25) is 0 Å². The molecule has 0 aliphatic heterocycles. The van der Waals surface area contributed by atoms with Gasteiger partial charge in [0.25, 0.3) is 0 Å². The summed E-state index contributed by atoms with van der Waals surface area (Å²) in [6.45, 7) is 2.41. The Labute approximate surface area is 63.2 Å². The van der Waals surface area contributed by atoms with Crippen molar-refractivity contribution in [1.82, 2.24) is 5.32 Å².